The van der Waals surface area contributed by atoms with Crippen molar-refractivity contribution in [3.8, 4) is 11.8 Å². The lowest BCUT2D eigenvalue weighted by atomic mass is 10.1. The molecule has 0 atom stereocenters. The number of carbonyl (C=O) groups excluding carboxylic acids is 1. The van der Waals surface area contributed by atoms with E-state index in [4.69, 9.17) is 11.0 Å². The Balaban J connectivity index is 2.62. The van der Waals surface area contributed by atoms with Crippen LogP contribution in [0.25, 0.3) is 11.8 Å². The molecule has 21 heavy (non-hydrogen) atoms. The van der Waals surface area contributed by atoms with E-state index in [2.05, 4.69) is 20.5 Å². The molecule has 0 aliphatic carbocycles. The van der Waals surface area contributed by atoms with E-state index in [-0.39, 0.29) is 5.57 Å². The molecule has 2 N–H and O–H groups in total. The highest BCUT2D eigenvalue weighted by Gasteiger charge is 2.13. The van der Waals surface area contributed by atoms with Crippen LogP contribution in [0.15, 0.2) is 40.4 Å². The van der Waals surface area contributed by atoms with E-state index in [9.17, 15) is 4.79 Å². The van der Waals surface area contributed by atoms with Gasteiger partial charge in [0.2, 0.25) is 0 Å². The number of nitrogens with two attached hydrogens (primary N) is 1. The topological polar surface area (TPSA) is 71.8 Å². The SMILES string of the molecule is Cc1cc(/C=C(/C#N)C(N)=O)c(C)n1-c1ccccc1Br. The van der Waals surface area contributed by atoms with E-state index < -0.39 is 5.91 Å². The number of carbonyl (C=O) groups is 1. The summed E-state index contributed by atoms with van der Waals surface area (Å²) in [5.41, 5.74) is 8.88. The van der Waals surface area contributed by atoms with Crippen molar-refractivity contribution in [3.63, 3.8) is 0 Å². The Bertz CT molecular complexity index is 781. The zero-order chi connectivity index (χ0) is 15.6. The molecule has 1 aromatic carbocycles. The summed E-state index contributed by atoms with van der Waals surface area (Å²) in [6, 6.07) is 11.6. The van der Waals surface area contributed by atoms with Gasteiger partial charge < -0.3 is 10.3 Å². The molecular formula is C16H14BrN3O. The summed E-state index contributed by atoms with van der Waals surface area (Å²) < 4.78 is 3.03. The number of primary amides is 1. The van der Waals surface area contributed by atoms with Gasteiger partial charge in [0.15, 0.2) is 0 Å². The number of amides is 1. The molecule has 5 heteroatoms. The highest BCUT2D eigenvalue weighted by Crippen LogP contribution is 2.27. The number of halogens is 1. The predicted molar refractivity (Wildman–Crippen MR) is 85.7 cm³/mol. The first kappa shape index (κ1) is 15.1. The number of para-hydroxylation sites is 1. The first-order chi connectivity index (χ1) is 9.95. The Labute approximate surface area is 131 Å². The number of benzene rings is 1. The van der Waals surface area contributed by atoms with Gasteiger partial charge in [-0.25, -0.2) is 0 Å². The molecule has 4 nitrogen and oxygen atoms in total. The van der Waals surface area contributed by atoms with Gasteiger partial charge in [-0.15, -0.1) is 0 Å². The molecular weight excluding hydrogens is 330 g/mol. The molecule has 1 heterocycles. The highest BCUT2D eigenvalue weighted by atomic mass is 79.9. The first-order valence-corrected chi connectivity index (χ1v) is 7.10. The summed E-state index contributed by atoms with van der Waals surface area (Å²) in [6.45, 7) is 3.91. The lowest BCUT2D eigenvalue weighted by Gasteiger charge is -2.11. The van der Waals surface area contributed by atoms with E-state index >= 15 is 0 Å². The second-order valence-corrected chi connectivity index (χ2v) is 5.50. The molecule has 0 radical (unpaired) electrons. The lowest BCUT2D eigenvalue weighted by Crippen LogP contribution is -2.12. The van der Waals surface area contributed by atoms with Crippen LogP contribution in [0.4, 0.5) is 0 Å². The van der Waals surface area contributed by atoms with Gasteiger partial charge in [0.25, 0.3) is 5.91 Å². The summed E-state index contributed by atoms with van der Waals surface area (Å²) in [5.74, 6) is -0.719. The van der Waals surface area contributed by atoms with Gasteiger partial charge in [-0.05, 0) is 59.6 Å². The first-order valence-electron chi connectivity index (χ1n) is 6.31. The van der Waals surface area contributed by atoms with Crippen LogP contribution in [0.3, 0.4) is 0 Å². The maximum Gasteiger partial charge on any atom is 0.259 e. The van der Waals surface area contributed by atoms with Crippen molar-refractivity contribution in [2.24, 2.45) is 5.73 Å². The van der Waals surface area contributed by atoms with E-state index in [1.165, 1.54) is 6.08 Å². The minimum absolute atomic E-state index is 0.0534. The Morgan fingerprint density at radius 1 is 1.38 bits per heavy atom. The van der Waals surface area contributed by atoms with Crippen LogP contribution >= 0.6 is 15.9 Å². The largest absolute Gasteiger partial charge is 0.365 e. The summed E-state index contributed by atoms with van der Waals surface area (Å²) >= 11 is 3.54. The third-order valence-electron chi connectivity index (χ3n) is 3.25. The highest BCUT2D eigenvalue weighted by molar-refractivity contribution is 9.10. The monoisotopic (exact) mass is 343 g/mol. The minimum Gasteiger partial charge on any atom is -0.365 e. The Morgan fingerprint density at radius 3 is 2.62 bits per heavy atom. The molecule has 0 aliphatic rings. The van der Waals surface area contributed by atoms with Crippen molar-refractivity contribution >= 4 is 27.9 Å². The maximum atomic E-state index is 11.2. The van der Waals surface area contributed by atoms with E-state index in [1.54, 1.807) is 0 Å². The van der Waals surface area contributed by atoms with Crippen LogP contribution < -0.4 is 5.73 Å². The van der Waals surface area contributed by atoms with Gasteiger partial charge >= 0.3 is 0 Å². The zero-order valence-electron chi connectivity index (χ0n) is 11.7. The Hall–Kier alpha value is -2.32. The molecule has 2 rings (SSSR count). The predicted octanol–water partition coefficient (Wildman–Crippen LogP) is 3.25. The fraction of sp³-hybridized carbons (Fsp3) is 0.125. The average molecular weight is 344 g/mol. The Morgan fingerprint density at radius 2 is 2.05 bits per heavy atom. The van der Waals surface area contributed by atoms with E-state index in [0.29, 0.717) is 0 Å². The standard InChI is InChI=1S/C16H14BrN3O/c1-10-7-12(8-13(9-18)16(19)21)11(2)20(10)15-6-4-3-5-14(15)17/h3-8H,1-2H3,(H2,19,21)/b13-8-. The summed E-state index contributed by atoms with van der Waals surface area (Å²) in [6.07, 6.45) is 1.53. The number of hydrogen-bond donors (Lipinski definition) is 1. The fourth-order valence-corrected chi connectivity index (χ4v) is 2.71. The maximum absolute atomic E-state index is 11.2. The molecule has 0 unspecified atom stereocenters. The second-order valence-electron chi connectivity index (χ2n) is 4.65. The van der Waals surface area contributed by atoms with Crippen molar-refractivity contribution in [1.82, 2.24) is 4.57 Å². The van der Waals surface area contributed by atoms with Gasteiger partial charge in [-0.1, -0.05) is 12.1 Å². The molecule has 1 aromatic heterocycles. The molecule has 2 aromatic rings. The van der Waals surface area contributed by atoms with E-state index in [1.807, 2.05) is 50.2 Å². The molecule has 0 aliphatic heterocycles. The van der Waals surface area contributed by atoms with Crippen molar-refractivity contribution < 1.29 is 4.79 Å². The number of aromatic nitrogens is 1. The molecule has 0 fully saturated rings. The van der Waals surface area contributed by atoms with Crippen LogP contribution in [0.2, 0.25) is 0 Å². The fourth-order valence-electron chi connectivity index (χ4n) is 2.25. The van der Waals surface area contributed by atoms with Gasteiger partial charge in [-0.2, -0.15) is 5.26 Å². The number of nitrogens with zero attached hydrogens (tertiary/aromatic N) is 2. The molecule has 0 spiro atoms. The zero-order valence-corrected chi connectivity index (χ0v) is 13.3. The average Bonchev–Trinajstić information content (AvgIpc) is 2.71. The normalized spacial score (nSPS) is 11.2. The van der Waals surface area contributed by atoms with Gasteiger partial charge in [0.05, 0.1) is 5.69 Å². The quantitative estimate of drug-likeness (QED) is 0.686. The lowest BCUT2D eigenvalue weighted by molar-refractivity contribution is -0.114. The molecule has 106 valence electrons. The molecule has 0 saturated heterocycles. The number of nitriles is 1. The number of hydrogen-bond acceptors (Lipinski definition) is 2. The second kappa shape index (κ2) is 5.98. The van der Waals surface area contributed by atoms with E-state index in [0.717, 1.165) is 27.1 Å². The van der Waals surface area contributed by atoms with Crippen LogP contribution in [-0.2, 0) is 4.79 Å². The third kappa shape index (κ3) is 2.91. The van der Waals surface area contributed by atoms with Crippen molar-refractivity contribution in [2.75, 3.05) is 0 Å². The van der Waals surface area contributed by atoms with Crippen LogP contribution in [0, 0.1) is 25.2 Å². The number of aryl methyl sites for hydroxylation is 1. The third-order valence-corrected chi connectivity index (χ3v) is 3.92. The minimum atomic E-state index is -0.719. The Kier molecular flexibility index (Phi) is 4.29. The summed E-state index contributed by atoms with van der Waals surface area (Å²) in [7, 11) is 0. The van der Waals surface area contributed by atoms with Gasteiger partial charge in [-0.3, -0.25) is 4.79 Å². The van der Waals surface area contributed by atoms with Gasteiger partial charge in [0.1, 0.15) is 11.6 Å². The van der Waals surface area contributed by atoms with Gasteiger partial charge in [0, 0.05) is 15.9 Å². The van der Waals surface area contributed by atoms with Crippen molar-refractivity contribution in [2.45, 2.75) is 13.8 Å². The summed E-state index contributed by atoms with van der Waals surface area (Å²) in [5, 5.41) is 8.95. The van der Waals surface area contributed by atoms with Crippen LogP contribution in [-0.4, -0.2) is 10.5 Å². The van der Waals surface area contributed by atoms with Crippen molar-refractivity contribution in [1.29, 1.82) is 5.26 Å². The van der Waals surface area contributed by atoms with Crippen LogP contribution in [0.5, 0.6) is 0 Å². The molecule has 0 saturated carbocycles. The smallest absolute Gasteiger partial charge is 0.259 e. The molecule has 0 bridgehead atoms. The van der Waals surface area contributed by atoms with Crippen molar-refractivity contribution in [3.05, 3.63) is 57.3 Å². The van der Waals surface area contributed by atoms with Crippen LogP contribution in [0.1, 0.15) is 17.0 Å². The summed E-state index contributed by atoms with van der Waals surface area (Å²) in [4.78, 5) is 11.2. The number of rotatable bonds is 3. The molecule has 1 amide bonds.